The Morgan fingerprint density at radius 1 is 1.25 bits per heavy atom. The molecule has 4 nitrogen and oxygen atoms in total. The van der Waals surface area contributed by atoms with Crippen LogP contribution in [0.4, 0.5) is 0 Å². The van der Waals surface area contributed by atoms with Crippen molar-refractivity contribution in [2.24, 2.45) is 0 Å². The number of hydrogen-bond acceptors (Lipinski definition) is 3. The Morgan fingerprint density at radius 3 is 2.45 bits per heavy atom. The molecule has 2 rings (SSSR count). The summed E-state index contributed by atoms with van der Waals surface area (Å²) in [5, 5.41) is 3.03. The zero-order chi connectivity index (χ0) is 14.6. The van der Waals surface area contributed by atoms with E-state index < -0.39 is 0 Å². The molecule has 1 fully saturated rings. The van der Waals surface area contributed by atoms with E-state index in [2.05, 4.69) is 24.1 Å². The average molecular weight is 276 g/mol. The minimum absolute atomic E-state index is 0.00802. The number of carbonyl (C=O) groups excluding carboxylic acids is 1. The highest BCUT2D eigenvalue weighted by molar-refractivity contribution is 5.94. The molecule has 1 aliphatic heterocycles. The molecule has 1 aliphatic rings. The zero-order valence-electron chi connectivity index (χ0n) is 12.6. The van der Waals surface area contributed by atoms with Gasteiger partial charge in [-0.3, -0.25) is 9.69 Å². The Balaban J connectivity index is 1.90. The van der Waals surface area contributed by atoms with Crippen molar-refractivity contribution in [2.45, 2.75) is 26.3 Å². The van der Waals surface area contributed by atoms with Gasteiger partial charge in [0.05, 0.1) is 13.2 Å². The average Bonchev–Trinajstić information content (AvgIpc) is 2.46. The molecule has 1 saturated heterocycles. The predicted molar refractivity (Wildman–Crippen MR) is 80.0 cm³/mol. The maximum absolute atomic E-state index is 12.1. The van der Waals surface area contributed by atoms with Crippen molar-refractivity contribution in [3.63, 3.8) is 0 Å². The van der Waals surface area contributed by atoms with Gasteiger partial charge in [0.25, 0.3) is 5.91 Å². The van der Waals surface area contributed by atoms with Crippen LogP contribution in [-0.2, 0) is 4.74 Å². The van der Waals surface area contributed by atoms with Crippen molar-refractivity contribution in [3.8, 4) is 0 Å². The van der Waals surface area contributed by atoms with Crippen LogP contribution in [0.2, 0.25) is 0 Å². The smallest absolute Gasteiger partial charge is 0.251 e. The van der Waals surface area contributed by atoms with Gasteiger partial charge in [-0.1, -0.05) is 17.7 Å². The normalized spacial score (nSPS) is 16.9. The van der Waals surface area contributed by atoms with Crippen LogP contribution < -0.4 is 5.32 Å². The van der Waals surface area contributed by atoms with Crippen molar-refractivity contribution in [1.29, 1.82) is 0 Å². The first-order valence-electron chi connectivity index (χ1n) is 7.17. The molecule has 0 aliphatic carbocycles. The minimum Gasteiger partial charge on any atom is -0.379 e. The van der Waals surface area contributed by atoms with Gasteiger partial charge in [0, 0.05) is 30.7 Å². The molecule has 110 valence electrons. The van der Waals surface area contributed by atoms with Crippen LogP contribution in [0.25, 0.3) is 0 Å². The molecule has 1 amide bonds. The van der Waals surface area contributed by atoms with E-state index in [-0.39, 0.29) is 11.4 Å². The molecule has 0 atom stereocenters. The van der Waals surface area contributed by atoms with Gasteiger partial charge in [-0.25, -0.2) is 0 Å². The Kier molecular flexibility index (Phi) is 4.78. The molecule has 0 bridgehead atoms. The SMILES string of the molecule is Cc1ccc(C(=O)NCC(C)(C)N2CCOCC2)cc1. The van der Waals surface area contributed by atoms with E-state index in [1.807, 2.05) is 31.2 Å². The van der Waals surface area contributed by atoms with Gasteiger partial charge in [-0.05, 0) is 32.9 Å². The van der Waals surface area contributed by atoms with Crippen molar-refractivity contribution >= 4 is 5.91 Å². The molecule has 1 N–H and O–H groups in total. The quantitative estimate of drug-likeness (QED) is 0.912. The molecule has 0 unspecified atom stereocenters. The molecule has 1 aromatic carbocycles. The number of nitrogens with zero attached hydrogens (tertiary/aromatic N) is 1. The Hall–Kier alpha value is -1.39. The first-order valence-corrected chi connectivity index (χ1v) is 7.17. The van der Waals surface area contributed by atoms with Gasteiger partial charge >= 0.3 is 0 Å². The molecule has 1 heterocycles. The summed E-state index contributed by atoms with van der Waals surface area (Å²) < 4.78 is 5.37. The van der Waals surface area contributed by atoms with Crippen LogP contribution >= 0.6 is 0 Å². The van der Waals surface area contributed by atoms with Crippen molar-refractivity contribution < 1.29 is 9.53 Å². The molecule has 1 aromatic rings. The van der Waals surface area contributed by atoms with Gasteiger partial charge in [0.2, 0.25) is 0 Å². The molecule has 20 heavy (non-hydrogen) atoms. The summed E-state index contributed by atoms with van der Waals surface area (Å²) >= 11 is 0. The largest absolute Gasteiger partial charge is 0.379 e. The van der Waals surface area contributed by atoms with Crippen LogP contribution in [0.15, 0.2) is 24.3 Å². The van der Waals surface area contributed by atoms with Gasteiger partial charge in [-0.15, -0.1) is 0 Å². The summed E-state index contributed by atoms with van der Waals surface area (Å²) in [6.07, 6.45) is 0. The number of hydrogen-bond donors (Lipinski definition) is 1. The van der Waals surface area contributed by atoms with Gasteiger partial charge in [-0.2, -0.15) is 0 Å². The number of rotatable bonds is 4. The molecule has 0 spiro atoms. The predicted octanol–water partition coefficient (Wildman–Crippen LogP) is 1.84. The zero-order valence-corrected chi connectivity index (χ0v) is 12.6. The highest BCUT2D eigenvalue weighted by atomic mass is 16.5. The van der Waals surface area contributed by atoms with Gasteiger partial charge < -0.3 is 10.1 Å². The topological polar surface area (TPSA) is 41.6 Å². The summed E-state index contributed by atoms with van der Waals surface area (Å²) in [7, 11) is 0. The number of amides is 1. The van der Waals surface area contributed by atoms with Crippen LogP contribution in [0, 0.1) is 6.92 Å². The number of aryl methyl sites for hydroxylation is 1. The van der Waals surface area contributed by atoms with E-state index in [1.54, 1.807) is 0 Å². The van der Waals surface area contributed by atoms with Crippen molar-refractivity contribution in [1.82, 2.24) is 10.2 Å². The lowest BCUT2D eigenvalue weighted by atomic mass is 10.0. The summed E-state index contributed by atoms with van der Waals surface area (Å²) in [6, 6.07) is 7.66. The summed E-state index contributed by atoms with van der Waals surface area (Å²) in [5.74, 6) is -0.00802. The first-order chi connectivity index (χ1) is 9.49. The minimum atomic E-state index is -0.0515. The standard InChI is InChI=1S/C16H24N2O2/c1-13-4-6-14(7-5-13)15(19)17-12-16(2,3)18-8-10-20-11-9-18/h4-7H,8-12H2,1-3H3,(H,17,19). The Morgan fingerprint density at radius 2 is 1.85 bits per heavy atom. The second kappa shape index (κ2) is 6.37. The lowest BCUT2D eigenvalue weighted by Gasteiger charge is -2.40. The maximum Gasteiger partial charge on any atom is 0.251 e. The molecule has 0 radical (unpaired) electrons. The lowest BCUT2D eigenvalue weighted by Crippen LogP contribution is -2.55. The fourth-order valence-corrected chi connectivity index (χ4v) is 2.38. The summed E-state index contributed by atoms with van der Waals surface area (Å²) in [4.78, 5) is 14.5. The fraction of sp³-hybridized carbons (Fsp3) is 0.562. The number of morpholine rings is 1. The van der Waals surface area contributed by atoms with E-state index >= 15 is 0 Å². The third kappa shape index (κ3) is 3.81. The van der Waals surface area contributed by atoms with E-state index in [1.165, 1.54) is 0 Å². The van der Waals surface area contributed by atoms with E-state index in [9.17, 15) is 4.79 Å². The van der Waals surface area contributed by atoms with E-state index in [4.69, 9.17) is 4.74 Å². The monoisotopic (exact) mass is 276 g/mol. The number of nitrogens with one attached hydrogen (secondary N) is 1. The van der Waals surface area contributed by atoms with Crippen LogP contribution in [0.3, 0.4) is 0 Å². The summed E-state index contributed by atoms with van der Waals surface area (Å²) in [6.45, 7) is 10.4. The molecule has 4 heteroatoms. The maximum atomic E-state index is 12.1. The lowest BCUT2D eigenvalue weighted by molar-refractivity contribution is -0.00923. The Labute approximate surface area is 121 Å². The molecule has 0 aromatic heterocycles. The number of ether oxygens (including phenoxy) is 1. The second-order valence-corrected chi connectivity index (χ2v) is 5.96. The Bertz CT molecular complexity index is 448. The van der Waals surface area contributed by atoms with E-state index in [0.717, 1.165) is 31.9 Å². The number of carbonyl (C=O) groups is 1. The van der Waals surface area contributed by atoms with Crippen LogP contribution in [0.1, 0.15) is 29.8 Å². The second-order valence-electron chi connectivity index (χ2n) is 5.96. The van der Waals surface area contributed by atoms with Crippen molar-refractivity contribution in [3.05, 3.63) is 35.4 Å². The third-order valence-electron chi connectivity index (χ3n) is 3.86. The fourth-order valence-electron chi connectivity index (χ4n) is 2.38. The highest BCUT2D eigenvalue weighted by Gasteiger charge is 2.28. The van der Waals surface area contributed by atoms with Crippen LogP contribution in [-0.4, -0.2) is 49.2 Å². The molecular formula is C16H24N2O2. The third-order valence-corrected chi connectivity index (χ3v) is 3.86. The van der Waals surface area contributed by atoms with Crippen molar-refractivity contribution in [2.75, 3.05) is 32.8 Å². The molecular weight excluding hydrogens is 252 g/mol. The highest BCUT2D eigenvalue weighted by Crippen LogP contribution is 2.15. The first kappa shape index (κ1) is 15.0. The molecule has 0 saturated carbocycles. The summed E-state index contributed by atoms with van der Waals surface area (Å²) in [5.41, 5.74) is 1.83. The van der Waals surface area contributed by atoms with Gasteiger partial charge in [0.15, 0.2) is 0 Å². The van der Waals surface area contributed by atoms with Gasteiger partial charge in [0.1, 0.15) is 0 Å². The van der Waals surface area contributed by atoms with E-state index in [0.29, 0.717) is 12.1 Å². The van der Waals surface area contributed by atoms with Crippen LogP contribution in [0.5, 0.6) is 0 Å². The number of benzene rings is 1.